The third-order valence-corrected chi connectivity index (χ3v) is 5.78. The van der Waals surface area contributed by atoms with E-state index >= 15 is 0 Å². The number of hydrogen-bond acceptors (Lipinski definition) is 5. The summed E-state index contributed by atoms with van der Waals surface area (Å²) in [6.45, 7) is 7.22. The average Bonchev–Trinajstić information content (AvgIpc) is 3.28. The van der Waals surface area contributed by atoms with Crippen molar-refractivity contribution in [3.8, 4) is 34.0 Å². The molecule has 0 aliphatic heterocycles. The first-order chi connectivity index (χ1) is 15.2. The van der Waals surface area contributed by atoms with Gasteiger partial charge in [0.2, 0.25) is 11.8 Å². The molecule has 1 heterocycles. The van der Waals surface area contributed by atoms with Crippen LogP contribution in [0.4, 0.5) is 0 Å². The Morgan fingerprint density at radius 1 is 0.750 bits per heavy atom. The highest BCUT2D eigenvalue weighted by atomic mass is 16.5. The Balaban J connectivity index is 1.62. The van der Waals surface area contributed by atoms with Crippen LogP contribution in [0.5, 0.6) is 0 Å². The molecule has 32 heavy (non-hydrogen) atoms. The molecule has 0 saturated heterocycles. The van der Waals surface area contributed by atoms with Crippen LogP contribution in [0.15, 0.2) is 83.3 Å². The number of hydrogen-bond donors (Lipinski definition) is 1. The minimum absolute atomic E-state index is 0.464. The molecular formula is C26H26BN2O3. The Bertz CT molecular complexity index is 1200. The van der Waals surface area contributed by atoms with Gasteiger partial charge in [-0.05, 0) is 68.6 Å². The lowest BCUT2D eigenvalue weighted by molar-refractivity contribution is -0.0893. The maximum atomic E-state index is 10.4. The molecule has 0 bridgehead atoms. The molecule has 0 atom stereocenters. The van der Waals surface area contributed by atoms with Crippen LogP contribution in [0.3, 0.4) is 0 Å². The quantitative estimate of drug-likeness (QED) is 0.428. The van der Waals surface area contributed by atoms with Gasteiger partial charge in [0.25, 0.3) is 0 Å². The molecule has 161 valence electrons. The van der Waals surface area contributed by atoms with Gasteiger partial charge in [0, 0.05) is 11.1 Å². The van der Waals surface area contributed by atoms with E-state index in [1.54, 1.807) is 21.3 Å². The molecule has 4 aromatic rings. The Morgan fingerprint density at radius 3 is 2.06 bits per heavy atom. The monoisotopic (exact) mass is 425 g/mol. The van der Waals surface area contributed by atoms with E-state index in [1.165, 1.54) is 0 Å². The normalized spacial score (nSPS) is 12.0. The molecule has 0 aliphatic rings. The largest absolute Gasteiger partial charge is 0.427 e. The lowest BCUT2D eigenvalue weighted by atomic mass is 9.78. The maximum absolute atomic E-state index is 10.4. The Hall–Kier alpha value is -3.22. The topological polar surface area (TPSA) is 68.4 Å². The molecule has 6 heteroatoms. The first-order valence-electron chi connectivity index (χ1n) is 10.6. The molecule has 1 N–H and O–H groups in total. The molecule has 0 saturated carbocycles. The van der Waals surface area contributed by atoms with E-state index in [0.29, 0.717) is 11.8 Å². The zero-order chi connectivity index (χ0) is 22.8. The van der Waals surface area contributed by atoms with Crippen molar-refractivity contribution in [2.45, 2.75) is 38.9 Å². The van der Waals surface area contributed by atoms with Gasteiger partial charge in [-0.15, -0.1) is 10.2 Å². The van der Waals surface area contributed by atoms with Gasteiger partial charge in [0.1, 0.15) is 0 Å². The van der Waals surface area contributed by atoms with Crippen molar-refractivity contribution in [3.05, 3.63) is 78.9 Å². The lowest BCUT2D eigenvalue weighted by Crippen LogP contribution is -2.49. The molecule has 0 unspecified atom stereocenters. The van der Waals surface area contributed by atoms with E-state index < -0.39 is 11.2 Å². The lowest BCUT2D eigenvalue weighted by Gasteiger charge is -2.37. The SMILES string of the molecule is CC(C)(O)C(C)(C)O[B]c1ccccc1-c1cccc(-c2nnc(-c3ccccc3)o2)c1. The van der Waals surface area contributed by atoms with E-state index in [1.807, 2.05) is 92.7 Å². The highest BCUT2D eigenvalue weighted by Crippen LogP contribution is 2.28. The Kier molecular flexibility index (Phi) is 6.00. The zero-order valence-electron chi connectivity index (χ0n) is 18.7. The zero-order valence-corrected chi connectivity index (χ0v) is 18.7. The van der Waals surface area contributed by atoms with Crippen molar-refractivity contribution >= 4 is 12.9 Å². The van der Waals surface area contributed by atoms with E-state index in [0.717, 1.165) is 27.7 Å². The molecule has 0 fully saturated rings. The number of nitrogens with zero attached hydrogens (tertiary/aromatic N) is 2. The predicted molar refractivity (Wildman–Crippen MR) is 127 cm³/mol. The summed E-state index contributed by atoms with van der Waals surface area (Å²) in [7, 11) is 1.71. The number of rotatable bonds is 7. The van der Waals surface area contributed by atoms with Gasteiger partial charge in [0.05, 0.1) is 11.2 Å². The van der Waals surface area contributed by atoms with E-state index in [2.05, 4.69) is 10.2 Å². The summed E-state index contributed by atoms with van der Waals surface area (Å²) in [5.74, 6) is 0.952. The van der Waals surface area contributed by atoms with Crippen LogP contribution in [0.2, 0.25) is 0 Å². The molecule has 0 aliphatic carbocycles. The van der Waals surface area contributed by atoms with E-state index in [4.69, 9.17) is 9.07 Å². The average molecular weight is 425 g/mol. The number of aliphatic hydroxyl groups is 1. The summed E-state index contributed by atoms with van der Waals surface area (Å²) in [4.78, 5) is 0. The highest BCUT2D eigenvalue weighted by Gasteiger charge is 2.35. The number of aromatic nitrogens is 2. The molecule has 1 radical (unpaired) electrons. The fraction of sp³-hybridized carbons (Fsp3) is 0.231. The second-order valence-electron chi connectivity index (χ2n) is 8.75. The summed E-state index contributed by atoms with van der Waals surface area (Å²) in [6.07, 6.45) is 0. The third-order valence-electron chi connectivity index (χ3n) is 5.78. The van der Waals surface area contributed by atoms with Gasteiger partial charge < -0.3 is 14.2 Å². The van der Waals surface area contributed by atoms with Crippen molar-refractivity contribution in [1.29, 1.82) is 0 Å². The van der Waals surface area contributed by atoms with Gasteiger partial charge in [-0.25, -0.2) is 0 Å². The van der Waals surface area contributed by atoms with Gasteiger partial charge in [0.15, 0.2) is 0 Å². The van der Waals surface area contributed by atoms with Gasteiger partial charge in [-0.2, -0.15) is 0 Å². The van der Waals surface area contributed by atoms with E-state index in [-0.39, 0.29) is 0 Å². The van der Waals surface area contributed by atoms with Gasteiger partial charge >= 0.3 is 7.48 Å². The Morgan fingerprint density at radius 2 is 1.34 bits per heavy atom. The van der Waals surface area contributed by atoms with Crippen LogP contribution in [-0.4, -0.2) is 34.0 Å². The second kappa shape index (κ2) is 8.73. The summed E-state index contributed by atoms with van der Waals surface area (Å²) >= 11 is 0. The molecule has 4 rings (SSSR count). The third kappa shape index (κ3) is 4.67. The van der Waals surface area contributed by atoms with Crippen LogP contribution < -0.4 is 5.46 Å². The number of benzene rings is 3. The predicted octanol–water partition coefficient (Wildman–Crippen LogP) is 4.88. The fourth-order valence-corrected chi connectivity index (χ4v) is 3.07. The maximum Gasteiger partial charge on any atom is 0.331 e. The van der Waals surface area contributed by atoms with Crippen molar-refractivity contribution in [2.24, 2.45) is 0 Å². The van der Waals surface area contributed by atoms with Crippen molar-refractivity contribution in [2.75, 3.05) is 0 Å². The minimum Gasteiger partial charge on any atom is -0.427 e. The molecular weight excluding hydrogens is 399 g/mol. The minimum atomic E-state index is -0.993. The smallest absolute Gasteiger partial charge is 0.331 e. The van der Waals surface area contributed by atoms with Gasteiger partial charge in [-0.1, -0.05) is 54.6 Å². The van der Waals surface area contributed by atoms with Crippen molar-refractivity contribution < 1.29 is 14.2 Å². The summed E-state index contributed by atoms with van der Waals surface area (Å²) in [6, 6.07) is 25.7. The highest BCUT2D eigenvalue weighted by molar-refractivity contribution is 6.49. The van der Waals surface area contributed by atoms with Crippen LogP contribution in [-0.2, 0) is 4.65 Å². The standard InChI is InChI=1S/C26H26BN2O3/c1-25(2,30)26(3,4)32-27-22-16-9-8-15-21(22)19-13-10-14-20(17-19)24-29-28-23(31-24)18-11-6-5-7-12-18/h5-17,30H,1-4H3. The van der Waals surface area contributed by atoms with Gasteiger partial charge in [-0.3, -0.25) is 0 Å². The van der Waals surface area contributed by atoms with Crippen molar-refractivity contribution in [1.82, 2.24) is 10.2 Å². The van der Waals surface area contributed by atoms with E-state index in [9.17, 15) is 5.11 Å². The van der Waals surface area contributed by atoms with Crippen molar-refractivity contribution in [3.63, 3.8) is 0 Å². The molecule has 1 aromatic heterocycles. The molecule has 5 nitrogen and oxygen atoms in total. The fourth-order valence-electron chi connectivity index (χ4n) is 3.07. The Labute approximate surface area is 189 Å². The summed E-state index contributed by atoms with van der Waals surface area (Å²) in [5.41, 5.74) is 2.89. The van der Waals surface area contributed by atoms with Crippen LogP contribution in [0.1, 0.15) is 27.7 Å². The summed E-state index contributed by atoms with van der Waals surface area (Å²) < 4.78 is 11.9. The molecule has 0 spiro atoms. The molecule has 0 amide bonds. The van der Waals surface area contributed by atoms with Crippen LogP contribution in [0.25, 0.3) is 34.0 Å². The first-order valence-corrected chi connectivity index (χ1v) is 10.6. The first kappa shape index (κ1) is 22.0. The molecule has 3 aromatic carbocycles. The second-order valence-corrected chi connectivity index (χ2v) is 8.75. The van der Waals surface area contributed by atoms with Crippen LogP contribution >= 0.6 is 0 Å². The summed E-state index contributed by atoms with van der Waals surface area (Å²) in [5, 5.41) is 18.8. The van der Waals surface area contributed by atoms with Crippen LogP contribution in [0, 0.1) is 0 Å².